The molecular formula is C19H18N2O4S2. The molecule has 0 aromatic heterocycles. The summed E-state index contributed by atoms with van der Waals surface area (Å²) >= 11 is 1.36. The quantitative estimate of drug-likeness (QED) is 0.786. The van der Waals surface area contributed by atoms with E-state index in [1.54, 1.807) is 31.4 Å². The zero-order valence-electron chi connectivity index (χ0n) is 14.6. The highest BCUT2D eigenvalue weighted by molar-refractivity contribution is 8.16. The van der Waals surface area contributed by atoms with Gasteiger partial charge in [-0.05, 0) is 36.4 Å². The van der Waals surface area contributed by atoms with Gasteiger partial charge in [-0.1, -0.05) is 30.0 Å². The predicted octanol–water partition coefficient (Wildman–Crippen LogP) is 2.61. The van der Waals surface area contributed by atoms with Crippen molar-refractivity contribution in [1.82, 2.24) is 0 Å². The SMILES string of the molecule is COc1ccc(N2C(=NC(=O)c3ccccc3)S[C@H]3CS(=O)(=O)C[C@@H]32)cc1. The van der Waals surface area contributed by atoms with E-state index in [0.717, 1.165) is 5.69 Å². The number of carbonyl (C=O) groups excluding carboxylic acids is 1. The second kappa shape index (κ2) is 7.01. The van der Waals surface area contributed by atoms with Crippen LogP contribution in [0, 0.1) is 0 Å². The van der Waals surface area contributed by atoms with Gasteiger partial charge in [0.2, 0.25) is 0 Å². The molecule has 1 amide bonds. The van der Waals surface area contributed by atoms with Gasteiger partial charge in [0, 0.05) is 16.5 Å². The van der Waals surface area contributed by atoms with E-state index in [-0.39, 0.29) is 28.7 Å². The van der Waals surface area contributed by atoms with Gasteiger partial charge in [0.15, 0.2) is 15.0 Å². The van der Waals surface area contributed by atoms with Crippen molar-refractivity contribution in [2.24, 2.45) is 4.99 Å². The molecule has 27 heavy (non-hydrogen) atoms. The van der Waals surface area contributed by atoms with Crippen LogP contribution >= 0.6 is 11.8 Å². The fourth-order valence-electron chi connectivity index (χ4n) is 3.34. The molecule has 6 nitrogen and oxygen atoms in total. The van der Waals surface area contributed by atoms with Crippen molar-refractivity contribution in [3.63, 3.8) is 0 Å². The van der Waals surface area contributed by atoms with Crippen molar-refractivity contribution in [3.05, 3.63) is 60.2 Å². The zero-order chi connectivity index (χ0) is 19.0. The average molecular weight is 402 g/mol. The molecule has 0 bridgehead atoms. The summed E-state index contributed by atoms with van der Waals surface area (Å²) in [5.41, 5.74) is 1.30. The van der Waals surface area contributed by atoms with E-state index in [1.807, 2.05) is 35.2 Å². The first kappa shape index (κ1) is 18.1. The zero-order valence-corrected chi connectivity index (χ0v) is 16.2. The van der Waals surface area contributed by atoms with Gasteiger partial charge in [-0.3, -0.25) is 4.79 Å². The molecule has 0 spiro atoms. The lowest BCUT2D eigenvalue weighted by Crippen LogP contribution is -2.37. The summed E-state index contributed by atoms with van der Waals surface area (Å²) in [6.07, 6.45) is 0. The molecule has 2 aliphatic rings. The fourth-order valence-corrected chi connectivity index (χ4v) is 7.25. The van der Waals surface area contributed by atoms with Crippen molar-refractivity contribution in [2.45, 2.75) is 11.3 Å². The number of hydrogen-bond donors (Lipinski definition) is 0. The molecule has 140 valence electrons. The van der Waals surface area contributed by atoms with Gasteiger partial charge in [-0.15, -0.1) is 0 Å². The Kier molecular flexibility index (Phi) is 4.69. The number of amides is 1. The number of amidine groups is 1. The summed E-state index contributed by atoms with van der Waals surface area (Å²) in [4.78, 5) is 18.8. The number of carbonyl (C=O) groups is 1. The summed E-state index contributed by atoms with van der Waals surface area (Å²) in [7, 11) is -1.50. The van der Waals surface area contributed by atoms with Crippen molar-refractivity contribution in [1.29, 1.82) is 0 Å². The molecule has 2 aromatic carbocycles. The Labute approximate surface area is 162 Å². The Hall–Kier alpha value is -2.32. The first-order valence-corrected chi connectivity index (χ1v) is 11.2. The number of fused-ring (bicyclic) bond motifs is 1. The highest BCUT2D eigenvalue weighted by Crippen LogP contribution is 2.41. The van der Waals surface area contributed by atoms with Gasteiger partial charge in [0.25, 0.3) is 5.91 Å². The van der Waals surface area contributed by atoms with E-state index in [0.29, 0.717) is 16.5 Å². The normalized spacial score (nSPS) is 24.8. The molecule has 2 heterocycles. The number of anilines is 1. The van der Waals surface area contributed by atoms with Gasteiger partial charge < -0.3 is 9.64 Å². The number of sulfone groups is 1. The first-order valence-electron chi connectivity index (χ1n) is 8.45. The maximum Gasteiger partial charge on any atom is 0.279 e. The van der Waals surface area contributed by atoms with E-state index >= 15 is 0 Å². The second-order valence-electron chi connectivity index (χ2n) is 6.43. The molecule has 2 atom stereocenters. The average Bonchev–Trinajstić information content (AvgIpc) is 3.13. The van der Waals surface area contributed by atoms with Crippen LogP contribution in [0.4, 0.5) is 5.69 Å². The topological polar surface area (TPSA) is 76.0 Å². The van der Waals surface area contributed by atoms with Gasteiger partial charge in [0.1, 0.15) is 5.75 Å². The molecule has 2 aromatic rings. The van der Waals surface area contributed by atoms with Crippen LogP contribution in [0.3, 0.4) is 0 Å². The standard InChI is InChI=1S/C19H18N2O4S2/c1-25-15-9-7-14(8-10-15)21-16-11-27(23,24)12-17(16)26-19(21)20-18(22)13-5-3-2-4-6-13/h2-10,16-17H,11-12H2,1H3/t16-,17-/m0/s1. The molecule has 2 aliphatic heterocycles. The third-order valence-electron chi connectivity index (χ3n) is 4.64. The van der Waals surface area contributed by atoms with Crippen LogP contribution in [0.1, 0.15) is 10.4 Å². The van der Waals surface area contributed by atoms with Gasteiger partial charge >= 0.3 is 0 Å². The number of benzene rings is 2. The Morgan fingerprint density at radius 2 is 1.81 bits per heavy atom. The Morgan fingerprint density at radius 1 is 1.11 bits per heavy atom. The number of thioether (sulfide) groups is 1. The monoisotopic (exact) mass is 402 g/mol. The summed E-state index contributed by atoms with van der Waals surface area (Å²) < 4.78 is 29.4. The fraction of sp³-hybridized carbons (Fsp3) is 0.263. The maximum absolute atomic E-state index is 12.6. The molecule has 0 radical (unpaired) electrons. The van der Waals surface area contributed by atoms with Crippen LogP contribution in [0.15, 0.2) is 59.6 Å². The van der Waals surface area contributed by atoms with Crippen LogP contribution in [-0.4, -0.2) is 49.4 Å². The molecular weight excluding hydrogens is 384 g/mol. The van der Waals surface area contributed by atoms with Gasteiger partial charge in [-0.2, -0.15) is 4.99 Å². The number of hydrogen-bond acceptors (Lipinski definition) is 5. The highest BCUT2D eigenvalue weighted by atomic mass is 32.2. The van der Waals surface area contributed by atoms with E-state index in [2.05, 4.69) is 4.99 Å². The molecule has 8 heteroatoms. The predicted molar refractivity (Wildman–Crippen MR) is 108 cm³/mol. The van der Waals surface area contributed by atoms with Crippen LogP contribution in [-0.2, 0) is 9.84 Å². The molecule has 2 saturated heterocycles. The van der Waals surface area contributed by atoms with E-state index in [1.165, 1.54) is 11.8 Å². The summed E-state index contributed by atoms with van der Waals surface area (Å²) in [6.45, 7) is 0. The second-order valence-corrected chi connectivity index (χ2v) is 9.79. The Morgan fingerprint density at radius 3 is 2.48 bits per heavy atom. The third kappa shape index (κ3) is 3.59. The van der Waals surface area contributed by atoms with Gasteiger partial charge in [-0.25, -0.2) is 8.42 Å². The van der Waals surface area contributed by atoms with Crippen molar-refractivity contribution >= 4 is 38.4 Å². The van der Waals surface area contributed by atoms with Crippen LogP contribution in [0.2, 0.25) is 0 Å². The number of methoxy groups -OCH3 is 1. The number of nitrogens with zero attached hydrogens (tertiary/aromatic N) is 2. The number of rotatable bonds is 3. The van der Waals surface area contributed by atoms with Gasteiger partial charge in [0.05, 0.1) is 24.7 Å². The Bertz CT molecular complexity index is 988. The highest BCUT2D eigenvalue weighted by Gasteiger charge is 2.49. The summed E-state index contributed by atoms with van der Waals surface area (Å²) in [5.74, 6) is 0.544. The first-order chi connectivity index (χ1) is 13.0. The molecule has 0 saturated carbocycles. The lowest BCUT2D eigenvalue weighted by molar-refractivity contribution is 0.100. The van der Waals surface area contributed by atoms with Crippen molar-refractivity contribution in [2.75, 3.05) is 23.5 Å². The molecule has 4 rings (SSSR count). The van der Waals surface area contributed by atoms with Crippen LogP contribution < -0.4 is 9.64 Å². The molecule has 2 fully saturated rings. The van der Waals surface area contributed by atoms with Crippen LogP contribution in [0.5, 0.6) is 5.75 Å². The summed E-state index contributed by atoms with van der Waals surface area (Å²) in [6, 6.07) is 16.0. The molecule has 0 N–H and O–H groups in total. The number of aliphatic imine (C=N–C) groups is 1. The van der Waals surface area contributed by atoms with E-state index in [9.17, 15) is 13.2 Å². The van der Waals surface area contributed by atoms with Crippen molar-refractivity contribution in [3.8, 4) is 5.75 Å². The third-order valence-corrected chi connectivity index (χ3v) is 7.84. The minimum absolute atomic E-state index is 0.0647. The Balaban J connectivity index is 1.71. The van der Waals surface area contributed by atoms with E-state index in [4.69, 9.17) is 4.74 Å². The van der Waals surface area contributed by atoms with Crippen LogP contribution in [0.25, 0.3) is 0 Å². The van der Waals surface area contributed by atoms with Crippen molar-refractivity contribution < 1.29 is 17.9 Å². The minimum atomic E-state index is -3.09. The molecule has 0 unspecified atom stereocenters. The largest absolute Gasteiger partial charge is 0.497 e. The molecule has 0 aliphatic carbocycles. The number of ether oxygens (including phenoxy) is 1. The lowest BCUT2D eigenvalue weighted by atomic mass is 10.2. The maximum atomic E-state index is 12.6. The lowest BCUT2D eigenvalue weighted by Gasteiger charge is -2.24. The smallest absolute Gasteiger partial charge is 0.279 e. The summed E-state index contributed by atoms with van der Waals surface area (Å²) in [5, 5.41) is 0.415. The minimum Gasteiger partial charge on any atom is -0.497 e. The van der Waals surface area contributed by atoms with E-state index < -0.39 is 9.84 Å².